The Hall–Kier alpha value is -2.20. The van der Waals surface area contributed by atoms with Crippen LogP contribution in [-0.4, -0.2) is 43.0 Å². The van der Waals surface area contributed by atoms with Crippen LogP contribution in [-0.2, 0) is 20.1 Å². The first-order valence-corrected chi connectivity index (χ1v) is 12.5. The van der Waals surface area contributed by atoms with Gasteiger partial charge in [0.05, 0.1) is 40.5 Å². The highest BCUT2D eigenvalue weighted by Gasteiger charge is 2.57. The number of pyridine rings is 1. The molecule has 5 heterocycles. The molecule has 1 saturated heterocycles. The molecule has 2 N–H and O–H groups in total. The number of aliphatic imine (C=N–C) groups is 1. The fourth-order valence-corrected chi connectivity index (χ4v) is 8.17. The van der Waals surface area contributed by atoms with Crippen LogP contribution >= 0.6 is 22.9 Å². The normalized spacial score (nSPS) is 27.5. The second kappa shape index (κ2) is 7.16. The van der Waals surface area contributed by atoms with E-state index >= 15 is 0 Å². The Kier molecular flexibility index (Phi) is 4.78. The highest BCUT2D eigenvalue weighted by atomic mass is 35.5. The van der Waals surface area contributed by atoms with E-state index in [-0.39, 0.29) is 18.2 Å². The maximum absolute atomic E-state index is 13.3. The summed E-state index contributed by atoms with van der Waals surface area (Å²) in [5.74, 6) is -0.0590. The number of nitrogens with zero attached hydrogens (tertiary/aromatic N) is 2. The van der Waals surface area contributed by atoms with Crippen molar-refractivity contribution in [2.45, 2.75) is 23.6 Å². The molecule has 0 saturated carbocycles. The Labute approximate surface area is 188 Å². The van der Waals surface area contributed by atoms with E-state index in [1.165, 1.54) is 11.3 Å². The number of furan rings is 1. The van der Waals surface area contributed by atoms with Crippen molar-refractivity contribution in [3.8, 4) is 21.7 Å². The summed E-state index contributed by atoms with van der Waals surface area (Å²) in [5, 5.41) is 0.467. The molecule has 0 radical (unpaired) electrons. The SMILES string of the molecule is C[C@@]1(c2sc(-c3ccnc(-c4ccoc4)c3)cc2Cl)CS(=O)(=O)C2(CCOC2)C(N)=N1. The van der Waals surface area contributed by atoms with E-state index in [9.17, 15) is 8.42 Å². The zero-order valence-corrected chi connectivity index (χ0v) is 19.1. The van der Waals surface area contributed by atoms with Crippen molar-refractivity contribution in [1.29, 1.82) is 0 Å². The van der Waals surface area contributed by atoms with Crippen LogP contribution in [0.5, 0.6) is 0 Å². The quantitative estimate of drug-likeness (QED) is 0.613. The molecule has 2 aliphatic rings. The van der Waals surface area contributed by atoms with Gasteiger partial charge in [-0.25, -0.2) is 8.42 Å². The monoisotopic (exact) mass is 477 g/mol. The summed E-state index contributed by atoms with van der Waals surface area (Å²) in [6.45, 7) is 2.18. The largest absolute Gasteiger partial charge is 0.472 e. The number of aromatic nitrogens is 1. The molecule has 0 amide bonds. The van der Waals surface area contributed by atoms with Crippen molar-refractivity contribution in [2.24, 2.45) is 10.7 Å². The highest BCUT2D eigenvalue weighted by molar-refractivity contribution is 7.93. The molecule has 2 atom stereocenters. The Morgan fingerprint density at radius 1 is 1.26 bits per heavy atom. The van der Waals surface area contributed by atoms with Crippen LogP contribution in [0.25, 0.3) is 21.7 Å². The van der Waals surface area contributed by atoms with Gasteiger partial charge in [-0.05, 0) is 43.2 Å². The van der Waals surface area contributed by atoms with Crippen LogP contribution in [0.2, 0.25) is 5.02 Å². The first-order chi connectivity index (χ1) is 14.7. The van der Waals surface area contributed by atoms with E-state index in [1.807, 2.05) is 24.3 Å². The molecular formula is C21H20ClN3O4S2. The maximum Gasteiger partial charge on any atom is 0.168 e. The topological polar surface area (TPSA) is 108 Å². The summed E-state index contributed by atoms with van der Waals surface area (Å²) in [6.07, 6.45) is 5.28. The number of sulfone groups is 1. The van der Waals surface area contributed by atoms with Crippen LogP contribution < -0.4 is 5.73 Å². The molecule has 5 rings (SSSR count). The minimum absolute atomic E-state index is 0.0535. The van der Waals surface area contributed by atoms with E-state index < -0.39 is 20.1 Å². The average molecular weight is 478 g/mol. The van der Waals surface area contributed by atoms with Crippen molar-refractivity contribution in [3.63, 3.8) is 0 Å². The number of ether oxygens (including phenoxy) is 1. The van der Waals surface area contributed by atoms with Gasteiger partial charge >= 0.3 is 0 Å². The van der Waals surface area contributed by atoms with Crippen molar-refractivity contribution >= 4 is 38.6 Å². The summed E-state index contributed by atoms with van der Waals surface area (Å²) in [5.41, 5.74) is 7.75. The van der Waals surface area contributed by atoms with Crippen LogP contribution in [0.4, 0.5) is 0 Å². The minimum atomic E-state index is -3.59. The number of thiophene rings is 1. The zero-order valence-electron chi connectivity index (χ0n) is 16.7. The number of rotatable bonds is 3. The van der Waals surface area contributed by atoms with E-state index in [0.717, 1.165) is 21.7 Å². The summed E-state index contributed by atoms with van der Waals surface area (Å²) in [7, 11) is -3.59. The lowest BCUT2D eigenvalue weighted by molar-refractivity contribution is 0.194. The zero-order chi connectivity index (χ0) is 21.9. The van der Waals surface area contributed by atoms with Gasteiger partial charge in [-0.2, -0.15) is 0 Å². The predicted molar refractivity (Wildman–Crippen MR) is 121 cm³/mol. The molecular weight excluding hydrogens is 458 g/mol. The minimum Gasteiger partial charge on any atom is -0.472 e. The lowest BCUT2D eigenvalue weighted by Crippen LogP contribution is -2.58. The van der Waals surface area contributed by atoms with Gasteiger partial charge in [0, 0.05) is 23.2 Å². The number of nitrogens with two attached hydrogens (primary N) is 1. The molecule has 10 heteroatoms. The molecule has 0 aliphatic carbocycles. The van der Waals surface area contributed by atoms with Crippen molar-refractivity contribution in [2.75, 3.05) is 19.0 Å². The number of hydrogen-bond acceptors (Lipinski definition) is 8. The molecule has 3 aromatic rings. The molecule has 162 valence electrons. The lowest BCUT2D eigenvalue weighted by atomic mass is 10.0. The molecule has 2 aliphatic heterocycles. The Morgan fingerprint density at radius 3 is 2.77 bits per heavy atom. The van der Waals surface area contributed by atoms with Gasteiger partial charge < -0.3 is 14.9 Å². The first kappa shape index (κ1) is 20.7. The highest BCUT2D eigenvalue weighted by Crippen LogP contribution is 2.47. The van der Waals surface area contributed by atoms with Gasteiger partial charge in [0.2, 0.25) is 0 Å². The van der Waals surface area contributed by atoms with Crippen LogP contribution in [0, 0.1) is 0 Å². The Balaban J connectivity index is 1.56. The fraction of sp³-hybridized carbons (Fsp3) is 0.333. The van der Waals surface area contributed by atoms with Crippen molar-refractivity contribution < 1.29 is 17.6 Å². The van der Waals surface area contributed by atoms with Crippen LogP contribution in [0.3, 0.4) is 0 Å². The summed E-state index contributed by atoms with van der Waals surface area (Å²) < 4.78 is 35.8. The molecule has 0 bridgehead atoms. The van der Waals surface area contributed by atoms with E-state index in [2.05, 4.69) is 9.98 Å². The van der Waals surface area contributed by atoms with Crippen molar-refractivity contribution in [1.82, 2.24) is 4.98 Å². The summed E-state index contributed by atoms with van der Waals surface area (Å²) in [4.78, 5) is 10.6. The fourth-order valence-electron chi connectivity index (χ4n) is 4.21. The van der Waals surface area contributed by atoms with Gasteiger partial charge in [0.15, 0.2) is 14.6 Å². The standard InChI is InChI=1S/C21H20ClN3O4S2/c1-20(12-31(26,27)21(19(23)25-20)4-7-29-11-21)18-15(22)9-17(30-18)13-2-5-24-16(8-13)14-3-6-28-10-14/h2-3,5-6,8-10H,4,7,11-12H2,1H3,(H2,23,25)/t20-,21?/m0/s1. The third-order valence-corrected chi connectivity index (χ3v) is 10.4. The second-order valence-corrected chi connectivity index (χ2v) is 11.8. The van der Waals surface area contributed by atoms with E-state index in [4.69, 9.17) is 26.5 Å². The summed E-state index contributed by atoms with van der Waals surface area (Å²) >= 11 is 8.02. The Morgan fingerprint density at radius 2 is 2.10 bits per heavy atom. The lowest BCUT2D eigenvalue weighted by Gasteiger charge is -2.38. The van der Waals surface area contributed by atoms with Gasteiger partial charge in [-0.15, -0.1) is 11.3 Å². The number of amidine groups is 1. The second-order valence-electron chi connectivity index (χ2n) is 8.06. The van der Waals surface area contributed by atoms with E-state index in [0.29, 0.717) is 22.9 Å². The molecule has 0 aromatic carbocycles. The third kappa shape index (κ3) is 3.22. The number of hydrogen-bond donors (Lipinski definition) is 1. The first-order valence-electron chi connectivity index (χ1n) is 9.69. The number of halogens is 1. The van der Waals surface area contributed by atoms with Gasteiger partial charge in [-0.1, -0.05) is 11.6 Å². The van der Waals surface area contributed by atoms with Crippen LogP contribution in [0.15, 0.2) is 52.4 Å². The molecule has 7 nitrogen and oxygen atoms in total. The smallest absolute Gasteiger partial charge is 0.168 e. The van der Waals surface area contributed by atoms with Crippen LogP contribution in [0.1, 0.15) is 18.2 Å². The maximum atomic E-state index is 13.3. The molecule has 1 unspecified atom stereocenters. The van der Waals surface area contributed by atoms with Gasteiger partial charge in [-0.3, -0.25) is 9.98 Å². The molecule has 1 fully saturated rings. The predicted octanol–water partition coefficient (Wildman–Crippen LogP) is 3.88. The third-order valence-electron chi connectivity index (χ3n) is 5.92. The van der Waals surface area contributed by atoms with Gasteiger partial charge in [0.1, 0.15) is 11.4 Å². The molecule has 31 heavy (non-hydrogen) atoms. The molecule has 3 aromatic heterocycles. The van der Waals surface area contributed by atoms with Crippen molar-refractivity contribution in [3.05, 3.63) is 52.9 Å². The van der Waals surface area contributed by atoms with E-state index in [1.54, 1.807) is 25.6 Å². The Bertz CT molecular complexity index is 1280. The average Bonchev–Trinajstić information content (AvgIpc) is 3.47. The summed E-state index contributed by atoms with van der Waals surface area (Å²) in [6, 6.07) is 7.51. The molecule has 1 spiro atoms. The van der Waals surface area contributed by atoms with Gasteiger partial charge in [0.25, 0.3) is 0 Å².